The van der Waals surface area contributed by atoms with Gasteiger partial charge in [0.15, 0.2) is 0 Å². The number of hydrogen-bond donors (Lipinski definition) is 0. The molecule has 1 atom stereocenters. The molecule has 0 bridgehead atoms. The summed E-state index contributed by atoms with van der Waals surface area (Å²) in [6.07, 6.45) is 0. The van der Waals surface area contributed by atoms with Crippen LogP contribution in [0.2, 0.25) is 0 Å². The fourth-order valence-electron chi connectivity index (χ4n) is 1.58. The van der Waals surface area contributed by atoms with E-state index in [9.17, 15) is 0 Å². The molecule has 0 N–H and O–H groups in total. The summed E-state index contributed by atoms with van der Waals surface area (Å²) in [5.41, 5.74) is 0.968. The number of alkyl halides is 1. The van der Waals surface area contributed by atoms with Gasteiger partial charge in [0, 0.05) is 26.7 Å². The van der Waals surface area contributed by atoms with Crippen LogP contribution in [-0.2, 0) is 12.4 Å². The third-order valence-corrected chi connectivity index (χ3v) is 5.77. The number of rotatable bonds is 5. The van der Waals surface area contributed by atoms with Crippen LogP contribution in [0.25, 0.3) is 0 Å². The second kappa shape index (κ2) is 6.48. The Kier molecular flexibility index (Phi) is 5.21. The molecule has 2 aromatic rings. The first-order valence-electron chi connectivity index (χ1n) is 5.53. The molecule has 0 aliphatic carbocycles. The highest BCUT2D eigenvalue weighted by atomic mass is 79.9. The van der Waals surface area contributed by atoms with Crippen LogP contribution in [0.15, 0.2) is 21.3 Å². The van der Waals surface area contributed by atoms with Crippen LogP contribution in [0.3, 0.4) is 0 Å². The second-order valence-electron chi connectivity index (χ2n) is 4.13. The summed E-state index contributed by atoms with van der Waals surface area (Å²) in [4.78, 5) is 8.19. The summed E-state index contributed by atoms with van der Waals surface area (Å²) in [5, 5.41) is 5.28. The number of thiophene rings is 1. The lowest BCUT2D eigenvalue weighted by Gasteiger charge is -2.22. The van der Waals surface area contributed by atoms with Crippen molar-refractivity contribution < 1.29 is 0 Å². The molecule has 0 fully saturated rings. The topological polar surface area (TPSA) is 16.1 Å². The van der Waals surface area contributed by atoms with Gasteiger partial charge in [0.2, 0.25) is 0 Å². The standard InChI is InChI=1S/C12H14BrClN2S2/c1-8(12-15-10(4-14)7-18-12)16(2)5-11-3-9(13)6-17-11/h3,6-8H,4-5H2,1-2H3. The molecule has 6 heteroatoms. The number of aromatic nitrogens is 1. The molecule has 0 aliphatic rings. The minimum absolute atomic E-state index is 0.313. The predicted octanol–water partition coefficient (Wildman–Crippen LogP) is 4.90. The molecular weight excluding hydrogens is 352 g/mol. The Morgan fingerprint density at radius 3 is 2.78 bits per heavy atom. The van der Waals surface area contributed by atoms with E-state index in [1.807, 2.05) is 5.38 Å². The maximum atomic E-state index is 5.78. The highest BCUT2D eigenvalue weighted by Crippen LogP contribution is 2.27. The van der Waals surface area contributed by atoms with Gasteiger partial charge in [0.25, 0.3) is 0 Å². The van der Waals surface area contributed by atoms with E-state index in [0.29, 0.717) is 11.9 Å². The van der Waals surface area contributed by atoms with Crippen molar-refractivity contribution in [2.24, 2.45) is 0 Å². The van der Waals surface area contributed by atoms with E-state index in [0.717, 1.165) is 21.7 Å². The lowest BCUT2D eigenvalue weighted by molar-refractivity contribution is 0.254. The highest BCUT2D eigenvalue weighted by Gasteiger charge is 2.16. The molecule has 2 aromatic heterocycles. The van der Waals surface area contributed by atoms with Crippen molar-refractivity contribution in [3.63, 3.8) is 0 Å². The van der Waals surface area contributed by atoms with E-state index in [1.165, 1.54) is 4.88 Å². The van der Waals surface area contributed by atoms with Crippen LogP contribution in [0.4, 0.5) is 0 Å². The van der Waals surface area contributed by atoms with Gasteiger partial charge in [-0.1, -0.05) is 0 Å². The average molecular weight is 366 g/mol. The molecule has 0 saturated carbocycles. The molecule has 2 rings (SSSR count). The molecule has 98 valence electrons. The van der Waals surface area contributed by atoms with Crippen LogP contribution in [0, 0.1) is 0 Å². The summed E-state index contributed by atoms with van der Waals surface area (Å²) >= 11 is 12.7. The summed E-state index contributed by atoms with van der Waals surface area (Å²) < 4.78 is 1.15. The first-order valence-corrected chi connectivity index (χ1v) is 8.62. The zero-order valence-electron chi connectivity index (χ0n) is 10.2. The second-order valence-corrected chi connectivity index (χ2v) is 7.20. The molecule has 0 saturated heterocycles. The van der Waals surface area contributed by atoms with Crippen LogP contribution in [-0.4, -0.2) is 16.9 Å². The van der Waals surface area contributed by atoms with Crippen molar-refractivity contribution in [3.8, 4) is 0 Å². The molecule has 18 heavy (non-hydrogen) atoms. The van der Waals surface area contributed by atoms with Gasteiger partial charge >= 0.3 is 0 Å². The number of thiazole rings is 1. The molecule has 2 nitrogen and oxygen atoms in total. The van der Waals surface area contributed by atoms with Gasteiger partial charge in [-0.25, -0.2) is 4.98 Å². The Balaban J connectivity index is 2.01. The normalized spacial score (nSPS) is 13.2. The first kappa shape index (κ1) is 14.5. The van der Waals surface area contributed by atoms with Crippen molar-refractivity contribution >= 4 is 50.2 Å². The van der Waals surface area contributed by atoms with E-state index in [1.54, 1.807) is 22.7 Å². The van der Waals surface area contributed by atoms with Crippen LogP contribution >= 0.6 is 50.2 Å². The van der Waals surface area contributed by atoms with E-state index >= 15 is 0 Å². The maximum absolute atomic E-state index is 5.78. The van der Waals surface area contributed by atoms with E-state index in [-0.39, 0.29) is 0 Å². The SMILES string of the molecule is CC(c1nc(CCl)cs1)N(C)Cc1cc(Br)cs1. The molecular formula is C12H14BrClN2S2. The number of nitrogens with zero attached hydrogens (tertiary/aromatic N) is 2. The highest BCUT2D eigenvalue weighted by molar-refractivity contribution is 9.10. The van der Waals surface area contributed by atoms with Crippen molar-refractivity contribution in [1.82, 2.24) is 9.88 Å². The van der Waals surface area contributed by atoms with Gasteiger partial charge < -0.3 is 0 Å². The van der Waals surface area contributed by atoms with Gasteiger partial charge in [0.1, 0.15) is 5.01 Å². The Hall–Kier alpha value is 0.0600. The third-order valence-electron chi connectivity index (χ3n) is 2.75. The van der Waals surface area contributed by atoms with Crippen LogP contribution < -0.4 is 0 Å². The van der Waals surface area contributed by atoms with Gasteiger partial charge in [-0.2, -0.15) is 0 Å². The van der Waals surface area contributed by atoms with Gasteiger partial charge in [-0.3, -0.25) is 4.90 Å². The molecule has 1 unspecified atom stereocenters. The largest absolute Gasteiger partial charge is 0.292 e. The zero-order valence-corrected chi connectivity index (χ0v) is 14.2. The fourth-order valence-corrected chi connectivity index (χ4v) is 4.27. The van der Waals surface area contributed by atoms with Crippen LogP contribution in [0.5, 0.6) is 0 Å². The minimum atomic E-state index is 0.313. The Labute approximate surface area is 129 Å². The zero-order chi connectivity index (χ0) is 13.1. The van der Waals surface area contributed by atoms with E-state index < -0.39 is 0 Å². The molecule has 0 amide bonds. The molecule has 0 aliphatic heterocycles. The van der Waals surface area contributed by atoms with Crippen molar-refractivity contribution in [3.05, 3.63) is 36.9 Å². The van der Waals surface area contributed by atoms with Crippen molar-refractivity contribution in [1.29, 1.82) is 0 Å². The van der Waals surface area contributed by atoms with Crippen LogP contribution in [0.1, 0.15) is 28.5 Å². The molecule has 0 radical (unpaired) electrons. The lowest BCUT2D eigenvalue weighted by Crippen LogP contribution is -2.21. The lowest BCUT2D eigenvalue weighted by atomic mass is 10.3. The average Bonchev–Trinajstić information content (AvgIpc) is 2.97. The Morgan fingerprint density at radius 2 is 2.22 bits per heavy atom. The quantitative estimate of drug-likeness (QED) is 0.701. The minimum Gasteiger partial charge on any atom is -0.292 e. The monoisotopic (exact) mass is 364 g/mol. The van der Waals surface area contributed by atoms with E-state index in [2.05, 4.69) is 51.2 Å². The predicted molar refractivity (Wildman–Crippen MR) is 83.6 cm³/mol. The number of hydrogen-bond acceptors (Lipinski definition) is 4. The molecule has 0 aromatic carbocycles. The van der Waals surface area contributed by atoms with Crippen molar-refractivity contribution in [2.75, 3.05) is 7.05 Å². The summed E-state index contributed by atoms with van der Waals surface area (Å²) in [6, 6.07) is 2.48. The smallest absolute Gasteiger partial charge is 0.110 e. The first-order chi connectivity index (χ1) is 8.60. The fraction of sp³-hybridized carbons (Fsp3) is 0.417. The molecule has 2 heterocycles. The Morgan fingerprint density at radius 1 is 1.44 bits per heavy atom. The summed E-state index contributed by atoms with van der Waals surface area (Å²) in [6.45, 7) is 3.12. The maximum Gasteiger partial charge on any atom is 0.110 e. The number of halogens is 2. The van der Waals surface area contributed by atoms with Gasteiger partial charge in [0.05, 0.1) is 17.6 Å². The Bertz CT molecular complexity index is 512. The summed E-state index contributed by atoms with van der Waals surface area (Å²) in [7, 11) is 2.13. The van der Waals surface area contributed by atoms with Gasteiger partial charge in [-0.15, -0.1) is 34.3 Å². The van der Waals surface area contributed by atoms with Crippen molar-refractivity contribution in [2.45, 2.75) is 25.4 Å². The third kappa shape index (κ3) is 3.54. The molecule has 0 spiro atoms. The van der Waals surface area contributed by atoms with E-state index in [4.69, 9.17) is 11.6 Å². The summed E-state index contributed by atoms with van der Waals surface area (Å²) in [5.74, 6) is 0.491. The van der Waals surface area contributed by atoms with Gasteiger partial charge in [-0.05, 0) is 36.0 Å².